The molecule has 0 unspecified atom stereocenters. The minimum absolute atomic E-state index is 0.204. The van der Waals surface area contributed by atoms with Gasteiger partial charge in [-0.1, -0.05) is 18.2 Å². The fourth-order valence-corrected chi connectivity index (χ4v) is 3.74. The standard InChI is InChI=1S/C21H25N3O3/c1-2-27-21(26)17-13-22-18-6-4-3-5-16(18)19(17)24-11-9-15(10-12-24)23-20(25)14-7-8-14/h3-6,13-15H,2,7-12H2,1H3,(H,23,25). The van der Waals surface area contributed by atoms with Gasteiger partial charge in [0.25, 0.3) is 0 Å². The summed E-state index contributed by atoms with van der Waals surface area (Å²) < 4.78 is 5.25. The molecule has 2 aromatic rings. The molecule has 1 aromatic heterocycles. The zero-order valence-corrected chi connectivity index (χ0v) is 15.6. The lowest BCUT2D eigenvalue weighted by molar-refractivity contribution is -0.123. The molecule has 0 radical (unpaired) electrons. The largest absolute Gasteiger partial charge is 0.462 e. The first-order valence-electron chi connectivity index (χ1n) is 9.77. The predicted octanol–water partition coefficient (Wildman–Crippen LogP) is 2.91. The molecule has 0 atom stereocenters. The van der Waals surface area contributed by atoms with Crippen molar-refractivity contribution >= 4 is 28.5 Å². The average molecular weight is 367 g/mol. The third kappa shape index (κ3) is 3.75. The molecule has 1 aliphatic carbocycles. The van der Waals surface area contributed by atoms with Gasteiger partial charge in [-0.2, -0.15) is 0 Å². The van der Waals surface area contributed by atoms with E-state index < -0.39 is 0 Å². The molecule has 142 valence electrons. The van der Waals surface area contributed by atoms with E-state index in [2.05, 4.69) is 15.2 Å². The maximum Gasteiger partial charge on any atom is 0.341 e. The van der Waals surface area contributed by atoms with Crippen molar-refractivity contribution in [1.29, 1.82) is 0 Å². The van der Waals surface area contributed by atoms with E-state index in [1.165, 1.54) is 0 Å². The number of hydrogen-bond donors (Lipinski definition) is 1. The normalized spacial score (nSPS) is 17.7. The van der Waals surface area contributed by atoms with E-state index in [1.54, 1.807) is 13.1 Å². The highest BCUT2D eigenvalue weighted by Crippen LogP contribution is 2.33. The van der Waals surface area contributed by atoms with Crippen LogP contribution in [0.25, 0.3) is 10.9 Å². The Morgan fingerprint density at radius 2 is 1.93 bits per heavy atom. The van der Waals surface area contributed by atoms with Crippen LogP contribution in [0.15, 0.2) is 30.5 Å². The Balaban J connectivity index is 1.57. The van der Waals surface area contributed by atoms with E-state index in [9.17, 15) is 9.59 Å². The molecule has 0 spiro atoms. The van der Waals surface area contributed by atoms with Crippen LogP contribution >= 0.6 is 0 Å². The molecule has 2 heterocycles. The second kappa shape index (κ2) is 7.55. The summed E-state index contributed by atoms with van der Waals surface area (Å²) in [7, 11) is 0. The molecule has 1 saturated heterocycles. The topological polar surface area (TPSA) is 71.5 Å². The molecule has 6 nitrogen and oxygen atoms in total. The summed E-state index contributed by atoms with van der Waals surface area (Å²) in [5.74, 6) is 0.104. The number of aromatic nitrogens is 1. The minimum Gasteiger partial charge on any atom is -0.462 e. The van der Waals surface area contributed by atoms with Crippen molar-refractivity contribution in [2.24, 2.45) is 5.92 Å². The second-order valence-corrected chi connectivity index (χ2v) is 7.30. The van der Waals surface area contributed by atoms with Gasteiger partial charge in [0.05, 0.1) is 17.8 Å². The molecule has 1 aliphatic heterocycles. The Labute approximate surface area is 158 Å². The molecule has 1 N–H and O–H groups in total. The molecule has 27 heavy (non-hydrogen) atoms. The third-order valence-electron chi connectivity index (χ3n) is 5.35. The van der Waals surface area contributed by atoms with Gasteiger partial charge in [-0.25, -0.2) is 4.79 Å². The van der Waals surface area contributed by atoms with Gasteiger partial charge >= 0.3 is 5.97 Å². The van der Waals surface area contributed by atoms with E-state index in [0.717, 1.165) is 55.4 Å². The first-order valence-corrected chi connectivity index (χ1v) is 9.77. The summed E-state index contributed by atoms with van der Waals surface area (Å²) in [6, 6.07) is 8.08. The number of hydrogen-bond acceptors (Lipinski definition) is 5. The Kier molecular flexibility index (Phi) is 4.97. The van der Waals surface area contributed by atoms with Crippen molar-refractivity contribution in [2.45, 2.75) is 38.6 Å². The van der Waals surface area contributed by atoms with Crippen molar-refractivity contribution in [1.82, 2.24) is 10.3 Å². The summed E-state index contributed by atoms with van der Waals surface area (Å²) >= 11 is 0. The lowest BCUT2D eigenvalue weighted by Gasteiger charge is -2.35. The number of carbonyl (C=O) groups is 2. The molecule has 1 amide bonds. The number of rotatable bonds is 5. The highest BCUT2D eigenvalue weighted by atomic mass is 16.5. The predicted molar refractivity (Wildman–Crippen MR) is 104 cm³/mol. The number of pyridine rings is 1. The molecular formula is C21H25N3O3. The number of nitrogens with zero attached hydrogens (tertiary/aromatic N) is 2. The van der Waals surface area contributed by atoms with Crippen LogP contribution in [0.5, 0.6) is 0 Å². The molecule has 1 aromatic carbocycles. The summed E-state index contributed by atoms with van der Waals surface area (Å²) in [4.78, 5) is 31.2. The van der Waals surface area contributed by atoms with Crippen molar-refractivity contribution < 1.29 is 14.3 Å². The molecule has 0 bridgehead atoms. The van der Waals surface area contributed by atoms with Crippen molar-refractivity contribution in [3.63, 3.8) is 0 Å². The zero-order valence-electron chi connectivity index (χ0n) is 15.6. The van der Waals surface area contributed by atoms with Crippen molar-refractivity contribution in [2.75, 3.05) is 24.6 Å². The monoisotopic (exact) mass is 367 g/mol. The minimum atomic E-state index is -0.338. The van der Waals surface area contributed by atoms with Crippen LogP contribution < -0.4 is 10.2 Å². The van der Waals surface area contributed by atoms with Crippen LogP contribution in [-0.4, -0.2) is 42.6 Å². The van der Waals surface area contributed by atoms with Gasteiger partial charge < -0.3 is 15.0 Å². The maximum absolute atomic E-state index is 12.5. The number of benzene rings is 1. The highest BCUT2D eigenvalue weighted by Gasteiger charge is 2.32. The van der Waals surface area contributed by atoms with Gasteiger partial charge in [0.2, 0.25) is 5.91 Å². The number of para-hydroxylation sites is 1. The maximum atomic E-state index is 12.5. The van der Waals surface area contributed by atoms with Crippen molar-refractivity contribution in [3.05, 3.63) is 36.0 Å². The summed E-state index contributed by atoms with van der Waals surface area (Å²) in [5, 5.41) is 4.14. The van der Waals surface area contributed by atoms with Gasteiger partial charge in [-0.3, -0.25) is 9.78 Å². The van der Waals surface area contributed by atoms with E-state index in [1.807, 2.05) is 24.3 Å². The summed E-state index contributed by atoms with van der Waals surface area (Å²) in [6.45, 7) is 3.71. The lowest BCUT2D eigenvalue weighted by atomic mass is 10.0. The molecule has 2 fully saturated rings. The first-order chi connectivity index (χ1) is 13.2. The smallest absolute Gasteiger partial charge is 0.341 e. The van der Waals surface area contributed by atoms with Crippen LogP contribution in [0.2, 0.25) is 0 Å². The Hall–Kier alpha value is -2.63. The van der Waals surface area contributed by atoms with Crippen LogP contribution in [-0.2, 0) is 9.53 Å². The van der Waals surface area contributed by atoms with E-state index in [4.69, 9.17) is 4.74 Å². The van der Waals surface area contributed by atoms with Crippen molar-refractivity contribution in [3.8, 4) is 0 Å². The number of esters is 1. The van der Waals surface area contributed by atoms with E-state index in [0.29, 0.717) is 12.2 Å². The Morgan fingerprint density at radius 1 is 1.19 bits per heavy atom. The molecular weight excluding hydrogens is 342 g/mol. The average Bonchev–Trinajstić information content (AvgIpc) is 3.53. The fraction of sp³-hybridized carbons (Fsp3) is 0.476. The fourth-order valence-electron chi connectivity index (χ4n) is 3.74. The number of anilines is 1. The lowest BCUT2D eigenvalue weighted by Crippen LogP contribution is -2.45. The van der Waals surface area contributed by atoms with Gasteiger partial charge in [0, 0.05) is 36.6 Å². The van der Waals surface area contributed by atoms with Gasteiger partial charge in [-0.05, 0) is 38.7 Å². The van der Waals surface area contributed by atoms with Crippen LogP contribution in [0.4, 0.5) is 5.69 Å². The molecule has 2 aliphatic rings. The Bertz CT molecular complexity index is 855. The van der Waals surface area contributed by atoms with E-state index in [-0.39, 0.29) is 23.8 Å². The van der Waals surface area contributed by atoms with Crippen LogP contribution in [0.3, 0.4) is 0 Å². The number of fused-ring (bicyclic) bond motifs is 1. The number of carbonyl (C=O) groups excluding carboxylic acids is 2. The van der Waals surface area contributed by atoms with Gasteiger partial charge in [0.15, 0.2) is 0 Å². The SMILES string of the molecule is CCOC(=O)c1cnc2ccccc2c1N1CCC(NC(=O)C2CC2)CC1. The first kappa shape index (κ1) is 17.8. The van der Waals surface area contributed by atoms with Crippen LogP contribution in [0, 0.1) is 5.92 Å². The molecule has 1 saturated carbocycles. The number of nitrogens with one attached hydrogen (secondary N) is 1. The number of amides is 1. The summed E-state index contributed by atoms with van der Waals surface area (Å²) in [5.41, 5.74) is 2.27. The number of ether oxygens (including phenoxy) is 1. The molecule has 6 heteroatoms. The van der Waals surface area contributed by atoms with Gasteiger partial charge in [0.1, 0.15) is 5.56 Å². The second-order valence-electron chi connectivity index (χ2n) is 7.30. The quantitative estimate of drug-likeness (QED) is 0.823. The van der Waals surface area contributed by atoms with E-state index >= 15 is 0 Å². The molecule has 4 rings (SSSR count). The number of piperidine rings is 1. The highest BCUT2D eigenvalue weighted by molar-refractivity contribution is 6.05. The third-order valence-corrected chi connectivity index (χ3v) is 5.35. The van der Waals surface area contributed by atoms with Crippen LogP contribution in [0.1, 0.15) is 43.0 Å². The zero-order chi connectivity index (χ0) is 18.8. The Morgan fingerprint density at radius 3 is 2.63 bits per heavy atom. The summed E-state index contributed by atoms with van der Waals surface area (Å²) in [6.07, 6.45) is 5.42. The van der Waals surface area contributed by atoms with Gasteiger partial charge in [-0.15, -0.1) is 0 Å².